The molecule has 3 heterocycles. The van der Waals surface area contributed by atoms with Crippen LogP contribution in [0.5, 0.6) is 11.5 Å². The van der Waals surface area contributed by atoms with Gasteiger partial charge in [-0.15, -0.1) is 0 Å². The number of fused-ring (bicyclic) bond motifs is 1. The van der Waals surface area contributed by atoms with Crippen molar-refractivity contribution in [2.75, 3.05) is 50.5 Å². The summed E-state index contributed by atoms with van der Waals surface area (Å²) in [6.07, 6.45) is 1.53. The number of carbonyl (C=O) groups is 2. The fourth-order valence-electron chi connectivity index (χ4n) is 4.18. The van der Waals surface area contributed by atoms with Gasteiger partial charge in [0.15, 0.2) is 0 Å². The average Bonchev–Trinajstić information content (AvgIpc) is 3.46. The second kappa shape index (κ2) is 10.7. The van der Waals surface area contributed by atoms with Crippen LogP contribution in [0.3, 0.4) is 0 Å². The molecule has 3 amide bonds. The zero-order valence-corrected chi connectivity index (χ0v) is 21.6. The molecule has 0 atom stereocenters. The third-order valence-corrected chi connectivity index (χ3v) is 6.30. The van der Waals surface area contributed by atoms with Gasteiger partial charge in [0.2, 0.25) is 5.95 Å². The largest absolute Gasteiger partial charge is 0.457 e. The number of anilines is 3. The maximum atomic E-state index is 12.6. The monoisotopic (exact) mass is 514 g/mol. The molecule has 11 nitrogen and oxygen atoms in total. The fraction of sp³-hybridized carbons (Fsp3) is 0.259. The first kappa shape index (κ1) is 24.9. The molecule has 1 saturated heterocycles. The number of nitrogens with zero attached hydrogens (tertiary/aromatic N) is 5. The van der Waals surface area contributed by atoms with E-state index in [1.54, 1.807) is 17.0 Å². The van der Waals surface area contributed by atoms with Gasteiger partial charge in [0.05, 0.1) is 11.0 Å². The van der Waals surface area contributed by atoms with Gasteiger partial charge >= 0.3 is 6.03 Å². The van der Waals surface area contributed by atoms with Crippen LogP contribution >= 0.6 is 0 Å². The van der Waals surface area contributed by atoms with E-state index in [0.29, 0.717) is 43.6 Å². The Bertz CT molecular complexity index is 1470. The smallest absolute Gasteiger partial charge is 0.317 e. The number of hydrogen-bond acceptors (Lipinski definition) is 7. The van der Waals surface area contributed by atoms with Crippen molar-refractivity contribution in [2.45, 2.75) is 0 Å². The number of hydrogen-bond donors (Lipinski definition) is 3. The van der Waals surface area contributed by atoms with E-state index in [9.17, 15) is 9.59 Å². The Labute approximate surface area is 220 Å². The van der Waals surface area contributed by atoms with Crippen molar-refractivity contribution in [1.29, 1.82) is 0 Å². The zero-order valence-electron chi connectivity index (χ0n) is 21.6. The lowest BCUT2D eigenvalue weighted by molar-refractivity contribution is 0.0945. The quantitative estimate of drug-likeness (QED) is 0.314. The Morgan fingerprint density at radius 1 is 1.11 bits per heavy atom. The number of carbonyl (C=O) groups excluding carboxylic acids is 2. The van der Waals surface area contributed by atoms with Crippen LogP contribution in [-0.2, 0) is 7.05 Å². The highest BCUT2D eigenvalue weighted by Gasteiger charge is 2.19. The van der Waals surface area contributed by atoms with Crippen LogP contribution in [0.25, 0.3) is 11.0 Å². The molecular formula is C27H30N8O3. The molecule has 1 aliphatic rings. The number of imidazole rings is 1. The van der Waals surface area contributed by atoms with Crippen LogP contribution in [0.4, 0.5) is 22.1 Å². The minimum atomic E-state index is -0.329. The van der Waals surface area contributed by atoms with Crippen molar-refractivity contribution in [1.82, 2.24) is 30.1 Å². The van der Waals surface area contributed by atoms with Crippen molar-refractivity contribution in [3.63, 3.8) is 0 Å². The predicted octanol–water partition coefficient (Wildman–Crippen LogP) is 3.33. The van der Waals surface area contributed by atoms with E-state index >= 15 is 0 Å². The Balaban J connectivity index is 1.24. The first-order valence-electron chi connectivity index (χ1n) is 12.3. The predicted molar refractivity (Wildman–Crippen MR) is 146 cm³/mol. The number of nitrogens with one attached hydrogen (secondary N) is 3. The molecule has 0 aliphatic carbocycles. The molecule has 4 aromatic rings. The van der Waals surface area contributed by atoms with Gasteiger partial charge in [0, 0.05) is 77.0 Å². The lowest BCUT2D eigenvalue weighted by Gasteiger charge is -2.14. The topological polar surface area (TPSA) is 117 Å². The van der Waals surface area contributed by atoms with Gasteiger partial charge in [-0.25, -0.2) is 9.78 Å². The first-order valence-corrected chi connectivity index (χ1v) is 12.3. The van der Waals surface area contributed by atoms with Gasteiger partial charge in [-0.05, 0) is 42.5 Å². The molecule has 2 aromatic carbocycles. The minimum absolute atomic E-state index is 0.112. The number of pyridine rings is 1. The summed E-state index contributed by atoms with van der Waals surface area (Å²) in [6.45, 7) is 2.04. The molecule has 1 aliphatic heterocycles. The molecule has 5 rings (SSSR count). The summed E-state index contributed by atoms with van der Waals surface area (Å²) in [5, 5.41) is 8.90. The normalized spacial score (nSPS) is 12.9. The van der Waals surface area contributed by atoms with Crippen LogP contribution in [0, 0.1) is 0 Å². The van der Waals surface area contributed by atoms with E-state index in [0.717, 1.165) is 22.4 Å². The van der Waals surface area contributed by atoms with E-state index in [2.05, 4.69) is 25.8 Å². The average molecular weight is 515 g/mol. The molecule has 0 unspecified atom stereocenters. The fourth-order valence-corrected chi connectivity index (χ4v) is 4.18. The van der Waals surface area contributed by atoms with Crippen molar-refractivity contribution in [2.24, 2.45) is 7.05 Å². The SMILES string of the molecule is CN(C)c1ccc(Nc2nc3cc(Oc4ccnc(C(=O)NCCN5CCNC5=O)c4)ccc3n2C)cc1. The molecule has 0 bridgehead atoms. The van der Waals surface area contributed by atoms with Crippen LogP contribution in [-0.4, -0.2) is 71.6 Å². The van der Waals surface area contributed by atoms with Crippen LogP contribution in [0.15, 0.2) is 60.8 Å². The van der Waals surface area contributed by atoms with Gasteiger partial charge in [-0.1, -0.05) is 0 Å². The molecule has 2 aromatic heterocycles. The molecule has 11 heteroatoms. The summed E-state index contributed by atoms with van der Waals surface area (Å²) in [4.78, 5) is 36.8. The van der Waals surface area contributed by atoms with Crippen LogP contribution < -0.4 is 25.6 Å². The number of benzene rings is 2. The molecule has 3 N–H and O–H groups in total. The number of aromatic nitrogens is 3. The zero-order chi connectivity index (χ0) is 26.6. The molecule has 0 radical (unpaired) electrons. The number of urea groups is 1. The standard InChI is InChI=1S/C27H30N8O3/c1-33(2)19-6-4-18(5-7-19)31-26-32-22-16-20(8-9-24(22)34(26)3)38-21-10-11-28-23(17-21)25(36)29-12-14-35-15-13-30-27(35)37/h4-11,16-17H,12-15H2,1-3H3,(H,29,36)(H,30,37)(H,31,32). The lowest BCUT2D eigenvalue weighted by Crippen LogP contribution is -2.37. The highest BCUT2D eigenvalue weighted by Crippen LogP contribution is 2.28. The summed E-state index contributed by atoms with van der Waals surface area (Å²) in [7, 11) is 5.97. The molecule has 1 fully saturated rings. The van der Waals surface area contributed by atoms with Crippen molar-refractivity contribution in [3.8, 4) is 11.5 Å². The van der Waals surface area contributed by atoms with Crippen LogP contribution in [0.2, 0.25) is 0 Å². The molecule has 38 heavy (non-hydrogen) atoms. The Kier molecular flexibility index (Phi) is 6.98. The molecule has 0 spiro atoms. The number of rotatable bonds is 9. The minimum Gasteiger partial charge on any atom is -0.457 e. The second-order valence-electron chi connectivity index (χ2n) is 9.16. The first-order chi connectivity index (χ1) is 18.4. The Hall–Kier alpha value is -4.80. The highest BCUT2D eigenvalue weighted by molar-refractivity contribution is 5.92. The maximum absolute atomic E-state index is 12.6. The van der Waals surface area contributed by atoms with Crippen molar-refractivity contribution in [3.05, 3.63) is 66.5 Å². The molecular weight excluding hydrogens is 484 g/mol. The third kappa shape index (κ3) is 5.46. The summed E-state index contributed by atoms with van der Waals surface area (Å²) < 4.78 is 8.01. The van der Waals surface area contributed by atoms with Gasteiger partial charge in [-0.2, -0.15) is 0 Å². The lowest BCUT2D eigenvalue weighted by atomic mass is 10.2. The number of amides is 3. The summed E-state index contributed by atoms with van der Waals surface area (Å²) in [5.41, 5.74) is 4.02. The second-order valence-corrected chi connectivity index (χ2v) is 9.16. The highest BCUT2D eigenvalue weighted by atomic mass is 16.5. The van der Waals surface area contributed by atoms with Crippen molar-refractivity contribution < 1.29 is 14.3 Å². The van der Waals surface area contributed by atoms with Gasteiger partial charge in [0.1, 0.15) is 17.2 Å². The number of aryl methyl sites for hydroxylation is 1. The summed E-state index contributed by atoms with van der Waals surface area (Å²) in [5.74, 6) is 1.46. The van der Waals surface area contributed by atoms with Gasteiger partial charge < -0.3 is 35.1 Å². The van der Waals surface area contributed by atoms with E-state index in [1.165, 1.54) is 6.20 Å². The van der Waals surface area contributed by atoms with Gasteiger partial charge in [-0.3, -0.25) is 9.78 Å². The van der Waals surface area contributed by atoms with Gasteiger partial charge in [0.25, 0.3) is 5.91 Å². The summed E-state index contributed by atoms with van der Waals surface area (Å²) >= 11 is 0. The van der Waals surface area contributed by atoms with E-state index in [1.807, 2.05) is 68.2 Å². The maximum Gasteiger partial charge on any atom is 0.317 e. The van der Waals surface area contributed by atoms with E-state index in [-0.39, 0.29) is 17.6 Å². The Morgan fingerprint density at radius 3 is 2.63 bits per heavy atom. The van der Waals surface area contributed by atoms with E-state index in [4.69, 9.17) is 9.72 Å². The summed E-state index contributed by atoms with van der Waals surface area (Å²) in [6, 6.07) is 17.0. The van der Waals surface area contributed by atoms with Crippen LogP contribution in [0.1, 0.15) is 10.5 Å². The third-order valence-electron chi connectivity index (χ3n) is 6.30. The number of ether oxygens (including phenoxy) is 1. The Morgan fingerprint density at radius 2 is 1.89 bits per heavy atom. The molecule has 0 saturated carbocycles. The van der Waals surface area contributed by atoms with E-state index < -0.39 is 0 Å². The molecule has 196 valence electrons. The van der Waals surface area contributed by atoms with Crippen molar-refractivity contribution >= 4 is 40.3 Å².